The van der Waals surface area contributed by atoms with Gasteiger partial charge < -0.3 is 13.9 Å². The maximum absolute atomic E-state index is 12.0. The predicted octanol–water partition coefficient (Wildman–Crippen LogP) is 2.86. The minimum absolute atomic E-state index is 0.129. The molecule has 24 heavy (non-hydrogen) atoms. The predicted molar refractivity (Wildman–Crippen MR) is 87.9 cm³/mol. The highest BCUT2D eigenvalue weighted by Crippen LogP contribution is 2.35. The van der Waals surface area contributed by atoms with Crippen LogP contribution < -0.4 is 0 Å². The SMILES string of the molecule is COC(=O)c1cc2nc(C3CCOC(C)(C)C3)ccn2c1CC#N. The lowest BCUT2D eigenvalue weighted by Gasteiger charge is -2.35. The fourth-order valence-corrected chi connectivity index (χ4v) is 3.38. The molecule has 1 aliphatic rings. The zero-order valence-electron chi connectivity index (χ0n) is 14.2. The van der Waals surface area contributed by atoms with Crippen LogP contribution in [0.2, 0.25) is 0 Å². The van der Waals surface area contributed by atoms with E-state index in [1.54, 1.807) is 10.5 Å². The Labute approximate surface area is 141 Å². The van der Waals surface area contributed by atoms with E-state index in [2.05, 4.69) is 19.9 Å². The standard InChI is InChI=1S/C18H21N3O3/c1-18(2)11-12(6-9-24-18)14-5-8-21-15(4-7-19)13(17(22)23-3)10-16(21)20-14/h5,8,10,12H,4,6,9,11H2,1-3H3. The molecule has 0 spiro atoms. The zero-order valence-corrected chi connectivity index (χ0v) is 14.2. The summed E-state index contributed by atoms with van der Waals surface area (Å²) in [6.07, 6.45) is 3.86. The Balaban J connectivity index is 2.02. The Hall–Kier alpha value is -2.39. The van der Waals surface area contributed by atoms with Crippen molar-refractivity contribution in [3.63, 3.8) is 0 Å². The van der Waals surface area contributed by atoms with Gasteiger partial charge in [-0.05, 0) is 38.8 Å². The Morgan fingerprint density at radius 2 is 2.38 bits per heavy atom. The molecule has 0 radical (unpaired) electrons. The van der Waals surface area contributed by atoms with Crippen molar-refractivity contribution >= 4 is 11.6 Å². The van der Waals surface area contributed by atoms with Crippen molar-refractivity contribution in [3.8, 4) is 6.07 Å². The molecule has 1 unspecified atom stereocenters. The van der Waals surface area contributed by atoms with Crippen LogP contribution in [-0.4, -0.2) is 34.7 Å². The first-order chi connectivity index (χ1) is 11.4. The van der Waals surface area contributed by atoms with Gasteiger partial charge in [0.1, 0.15) is 5.65 Å². The smallest absolute Gasteiger partial charge is 0.339 e. The molecule has 6 heteroatoms. The third kappa shape index (κ3) is 3.00. The number of esters is 1. The molecule has 0 saturated carbocycles. The molecule has 0 amide bonds. The summed E-state index contributed by atoms with van der Waals surface area (Å²) in [5.41, 5.74) is 2.53. The Morgan fingerprint density at radius 3 is 3.04 bits per heavy atom. The largest absolute Gasteiger partial charge is 0.465 e. The number of hydrogen-bond donors (Lipinski definition) is 0. The minimum atomic E-state index is -0.445. The van der Waals surface area contributed by atoms with E-state index in [9.17, 15) is 4.79 Å². The molecule has 126 valence electrons. The van der Waals surface area contributed by atoms with E-state index in [1.807, 2.05) is 12.3 Å². The molecule has 0 N–H and O–H groups in total. The van der Waals surface area contributed by atoms with Crippen LogP contribution in [0.4, 0.5) is 0 Å². The first-order valence-electron chi connectivity index (χ1n) is 8.05. The van der Waals surface area contributed by atoms with E-state index < -0.39 is 5.97 Å². The van der Waals surface area contributed by atoms with Gasteiger partial charge in [-0.3, -0.25) is 0 Å². The molecule has 1 fully saturated rings. The van der Waals surface area contributed by atoms with Crippen molar-refractivity contribution in [3.05, 3.63) is 35.3 Å². The molecule has 3 heterocycles. The molecule has 3 rings (SSSR count). The van der Waals surface area contributed by atoms with Crippen LogP contribution >= 0.6 is 0 Å². The van der Waals surface area contributed by atoms with Gasteiger partial charge in [-0.25, -0.2) is 9.78 Å². The first-order valence-corrected chi connectivity index (χ1v) is 8.05. The van der Waals surface area contributed by atoms with Crippen LogP contribution in [0.5, 0.6) is 0 Å². The molecule has 0 aromatic carbocycles. The molecule has 0 bridgehead atoms. The van der Waals surface area contributed by atoms with Crippen molar-refractivity contribution in [2.75, 3.05) is 13.7 Å². The van der Waals surface area contributed by atoms with E-state index in [0.29, 0.717) is 22.8 Å². The van der Waals surface area contributed by atoms with Gasteiger partial charge >= 0.3 is 5.97 Å². The zero-order chi connectivity index (χ0) is 17.3. The van der Waals surface area contributed by atoms with Crippen LogP contribution in [-0.2, 0) is 15.9 Å². The van der Waals surface area contributed by atoms with Gasteiger partial charge in [0.25, 0.3) is 0 Å². The van der Waals surface area contributed by atoms with Gasteiger partial charge in [-0.15, -0.1) is 0 Å². The van der Waals surface area contributed by atoms with Crippen molar-refractivity contribution in [1.82, 2.24) is 9.38 Å². The number of nitrogens with zero attached hydrogens (tertiary/aromatic N) is 3. The van der Waals surface area contributed by atoms with E-state index in [-0.39, 0.29) is 12.0 Å². The molecule has 1 atom stereocenters. The minimum Gasteiger partial charge on any atom is -0.465 e. The summed E-state index contributed by atoms with van der Waals surface area (Å²) in [7, 11) is 1.34. The molecule has 1 saturated heterocycles. The summed E-state index contributed by atoms with van der Waals surface area (Å²) < 4.78 is 12.4. The molecule has 2 aromatic rings. The quantitative estimate of drug-likeness (QED) is 0.810. The van der Waals surface area contributed by atoms with Crippen LogP contribution in [0.1, 0.15) is 54.4 Å². The number of rotatable bonds is 3. The second kappa shape index (κ2) is 6.25. The van der Waals surface area contributed by atoms with E-state index >= 15 is 0 Å². The number of hydrogen-bond acceptors (Lipinski definition) is 5. The summed E-state index contributed by atoms with van der Waals surface area (Å²) in [6.45, 7) is 4.91. The van der Waals surface area contributed by atoms with Gasteiger partial charge in [-0.1, -0.05) is 0 Å². The Bertz CT molecular complexity index is 817. The number of carbonyl (C=O) groups excluding carboxylic acids is 1. The molecular weight excluding hydrogens is 306 g/mol. The number of nitriles is 1. The second-order valence-corrected chi connectivity index (χ2v) is 6.71. The lowest BCUT2D eigenvalue weighted by molar-refractivity contribution is -0.0597. The Kier molecular flexibility index (Phi) is 4.29. The summed E-state index contributed by atoms with van der Waals surface area (Å²) in [4.78, 5) is 16.7. The molecule has 0 aliphatic carbocycles. The van der Waals surface area contributed by atoms with Gasteiger partial charge in [0.05, 0.1) is 36.5 Å². The molecular formula is C18H21N3O3. The number of carbonyl (C=O) groups is 1. The second-order valence-electron chi connectivity index (χ2n) is 6.71. The van der Waals surface area contributed by atoms with E-state index in [1.165, 1.54) is 7.11 Å². The number of ether oxygens (including phenoxy) is 2. The normalized spacial score (nSPS) is 19.8. The number of aromatic nitrogens is 2. The van der Waals surface area contributed by atoms with Crippen LogP contribution in [0.15, 0.2) is 18.3 Å². The molecule has 6 nitrogen and oxygen atoms in total. The van der Waals surface area contributed by atoms with Crippen molar-refractivity contribution in [2.45, 2.75) is 44.6 Å². The van der Waals surface area contributed by atoms with E-state index in [0.717, 1.165) is 25.1 Å². The number of fused-ring (bicyclic) bond motifs is 1. The summed E-state index contributed by atoms with van der Waals surface area (Å²) in [5.74, 6) is -0.117. The van der Waals surface area contributed by atoms with Crippen molar-refractivity contribution in [1.29, 1.82) is 5.26 Å². The third-order valence-corrected chi connectivity index (χ3v) is 4.53. The highest BCUT2D eigenvalue weighted by atomic mass is 16.5. The Morgan fingerprint density at radius 1 is 1.58 bits per heavy atom. The summed E-state index contributed by atoms with van der Waals surface area (Å²) >= 11 is 0. The fourth-order valence-electron chi connectivity index (χ4n) is 3.38. The third-order valence-electron chi connectivity index (χ3n) is 4.53. The maximum Gasteiger partial charge on any atom is 0.339 e. The average molecular weight is 327 g/mol. The molecule has 2 aromatic heterocycles. The fraction of sp³-hybridized carbons (Fsp3) is 0.500. The summed E-state index contributed by atoms with van der Waals surface area (Å²) in [6, 6.07) is 5.77. The van der Waals surface area contributed by atoms with Gasteiger partial charge in [-0.2, -0.15) is 5.26 Å². The monoisotopic (exact) mass is 327 g/mol. The van der Waals surface area contributed by atoms with Crippen molar-refractivity contribution in [2.24, 2.45) is 0 Å². The van der Waals surface area contributed by atoms with Crippen LogP contribution in [0.3, 0.4) is 0 Å². The van der Waals surface area contributed by atoms with E-state index in [4.69, 9.17) is 19.7 Å². The van der Waals surface area contributed by atoms with Crippen LogP contribution in [0, 0.1) is 11.3 Å². The van der Waals surface area contributed by atoms with Crippen LogP contribution in [0.25, 0.3) is 5.65 Å². The maximum atomic E-state index is 12.0. The lowest BCUT2D eigenvalue weighted by Crippen LogP contribution is -2.33. The molecule has 1 aliphatic heterocycles. The van der Waals surface area contributed by atoms with Gasteiger partial charge in [0, 0.05) is 24.4 Å². The lowest BCUT2D eigenvalue weighted by atomic mass is 9.86. The topological polar surface area (TPSA) is 76.6 Å². The number of methoxy groups -OCH3 is 1. The van der Waals surface area contributed by atoms with Gasteiger partial charge in [0.2, 0.25) is 0 Å². The first kappa shape index (κ1) is 16.5. The van der Waals surface area contributed by atoms with Gasteiger partial charge in [0.15, 0.2) is 0 Å². The highest BCUT2D eigenvalue weighted by molar-refractivity contribution is 5.92. The average Bonchev–Trinajstić information content (AvgIpc) is 2.91. The highest BCUT2D eigenvalue weighted by Gasteiger charge is 2.30. The summed E-state index contributed by atoms with van der Waals surface area (Å²) in [5, 5.41) is 9.04. The van der Waals surface area contributed by atoms with Crippen molar-refractivity contribution < 1.29 is 14.3 Å².